The molecule has 0 fully saturated rings. The van der Waals surface area contributed by atoms with E-state index in [9.17, 15) is 14.7 Å². The van der Waals surface area contributed by atoms with Crippen LogP contribution in [0.25, 0.3) is 11.1 Å². The van der Waals surface area contributed by atoms with Crippen LogP contribution in [0.4, 0.5) is 0 Å². The third kappa shape index (κ3) is 2.55. The van der Waals surface area contributed by atoms with Crippen molar-refractivity contribution in [2.24, 2.45) is 0 Å². The third-order valence-electron chi connectivity index (χ3n) is 2.66. The minimum atomic E-state index is -1.31. The molecule has 3 N–H and O–H groups in total. The highest BCUT2D eigenvalue weighted by Gasteiger charge is 2.16. The second kappa shape index (κ2) is 4.81. The molecule has 0 saturated heterocycles. The summed E-state index contributed by atoms with van der Waals surface area (Å²) in [5.74, 6) is -2.55. The standard InChI is InChI=1S/C14H10O5/c15-10-3-1-2-8(6-10)9-4-5-11(13(16)17)12(7-9)14(18)19/h1-7,15H,(H,16,17)(H,18,19). The van der Waals surface area contributed by atoms with Gasteiger partial charge in [-0.15, -0.1) is 0 Å². The maximum atomic E-state index is 11.1. The van der Waals surface area contributed by atoms with Crippen LogP contribution in [0.1, 0.15) is 20.7 Å². The molecule has 0 aliphatic rings. The van der Waals surface area contributed by atoms with Gasteiger partial charge in [0, 0.05) is 0 Å². The van der Waals surface area contributed by atoms with Gasteiger partial charge in [-0.3, -0.25) is 0 Å². The normalized spacial score (nSPS) is 10.1. The fraction of sp³-hybridized carbons (Fsp3) is 0. The second-order valence-corrected chi connectivity index (χ2v) is 3.92. The summed E-state index contributed by atoms with van der Waals surface area (Å²) in [6, 6.07) is 10.3. The Morgan fingerprint density at radius 1 is 0.789 bits per heavy atom. The average molecular weight is 258 g/mol. The molecule has 19 heavy (non-hydrogen) atoms. The van der Waals surface area contributed by atoms with E-state index < -0.39 is 11.9 Å². The first-order valence-electron chi connectivity index (χ1n) is 5.39. The van der Waals surface area contributed by atoms with Gasteiger partial charge in [-0.1, -0.05) is 18.2 Å². The molecule has 2 rings (SSSR count). The molecule has 0 spiro atoms. The number of carboxylic acid groups (broad SMARTS) is 2. The number of benzene rings is 2. The molecule has 0 amide bonds. The van der Waals surface area contributed by atoms with Gasteiger partial charge < -0.3 is 15.3 Å². The quantitative estimate of drug-likeness (QED) is 0.786. The monoisotopic (exact) mass is 258 g/mol. The van der Waals surface area contributed by atoms with Crippen molar-refractivity contribution in [1.82, 2.24) is 0 Å². The first kappa shape index (κ1) is 12.6. The number of phenols is 1. The van der Waals surface area contributed by atoms with E-state index in [-0.39, 0.29) is 16.9 Å². The van der Waals surface area contributed by atoms with Crippen molar-refractivity contribution in [1.29, 1.82) is 0 Å². The summed E-state index contributed by atoms with van der Waals surface area (Å²) in [4.78, 5) is 22.0. The highest BCUT2D eigenvalue weighted by Crippen LogP contribution is 2.25. The van der Waals surface area contributed by atoms with Crippen LogP contribution in [0, 0.1) is 0 Å². The molecular formula is C14H10O5. The summed E-state index contributed by atoms with van der Waals surface area (Å²) in [5.41, 5.74) is 0.586. The van der Waals surface area contributed by atoms with Gasteiger partial charge in [-0.2, -0.15) is 0 Å². The van der Waals surface area contributed by atoms with Crippen LogP contribution >= 0.6 is 0 Å². The van der Waals surface area contributed by atoms with Crippen molar-refractivity contribution < 1.29 is 24.9 Å². The lowest BCUT2D eigenvalue weighted by molar-refractivity contribution is 0.0651. The summed E-state index contributed by atoms with van der Waals surface area (Å²) in [5, 5.41) is 27.3. The fourth-order valence-corrected chi connectivity index (χ4v) is 1.77. The molecule has 2 aromatic carbocycles. The molecule has 5 heteroatoms. The van der Waals surface area contributed by atoms with Crippen molar-refractivity contribution >= 4 is 11.9 Å². The molecule has 0 saturated carbocycles. The highest BCUT2D eigenvalue weighted by molar-refractivity contribution is 6.02. The molecule has 0 radical (unpaired) electrons. The van der Waals surface area contributed by atoms with Crippen LogP contribution in [0.3, 0.4) is 0 Å². The van der Waals surface area contributed by atoms with Crippen molar-refractivity contribution in [2.45, 2.75) is 0 Å². The Kier molecular flexibility index (Phi) is 3.20. The van der Waals surface area contributed by atoms with E-state index in [2.05, 4.69) is 0 Å². The van der Waals surface area contributed by atoms with Crippen molar-refractivity contribution in [2.75, 3.05) is 0 Å². The van der Waals surface area contributed by atoms with Crippen molar-refractivity contribution in [3.63, 3.8) is 0 Å². The number of carbonyl (C=O) groups is 2. The lowest BCUT2D eigenvalue weighted by atomic mass is 9.99. The molecule has 96 valence electrons. The van der Waals surface area contributed by atoms with E-state index in [1.807, 2.05) is 0 Å². The Labute approximate surface area is 108 Å². The topological polar surface area (TPSA) is 94.8 Å². The third-order valence-corrected chi connectivity index (χ3v) is 2.66. The van der Waals surface area contributed by atoms with Gasteiger partial charge in [0.15, 0.2) is 0 Å². The van der Waals surface area contributed by atoms with Gasteiger partial charge in [-0.05, 0) is 35.4 Å². The van der Waals surface area contributed by atoms with Crippen LogP contribution in [0.5, 0.6) is 5.75 Å². The Bertz CT molecular complexity index is 661. The minimum Gasteiger partial charge on any atom is -0.508 e. The Morgan fingerprint density at radius 2 is 1.42 bits per heavy atom. The van der Waals surface area contributed by atoms with Crippen LogP contribution in [0.2, 0.25) is 0 Å². The molecular weight excluding hydrogens is 248 g/mol. The van der Waals surface area contributed by atoms with Crippen LogP contribution in [-0.4, -0.2) is 27.3 Å². The molecule has 0 heterocycles. The largest absolute Gasteiger partial charge is 0.508 e. The first-order chi connectivity index (χ1) is 8.99. The molecule has 5 nitrogen and oxygen atoms in total. The average Bonchev–Trinajstić information content (AvgIpc) is 2.37. The summed E-state index contributed by atoms with van der Waals surface area (Å²) < 4.78 is 0. The molecule has 0 aromatic heterocycles. The lowest BCUT2D eigenvalue weighted by Gasteiger charge is -2.06. The van der Waals surface area contributed by atoms with Crippen LogP contribution in [0.15, 0.2) is 42.5 Å². The predicted octanol–water partition coefficient (Wildman–Crippen LogP) is 2.46. The van der Waals surface area contributed by atoms with Gasteiger partial charge in [-0.25, -0.2) is 9.59 Å². The molecule has 0 unspecified atom stereocenters. The number of rotatable bonds is 3. The lowest BCUT2D eigenvalue weighted by Crippen LogP contribution is -2.07. The fourth-order valence-electron chi connectivity index (χ4n) is 1.77. The van der Waals surface area contributed by atoms with Crippen LogP contribution in [-0.2, 0) is 0 Å². The zero-order chi connectivity index (χ0) is 14.0. The summed E-state index contributed by atoms with van der Waals surface area (Å²) in [6.07, 6.45) is 0. The van der Waals surface area contributed by atoms with E-state index in [0.717, 1.165) is 0 Å². The Hall–Kier alpha value is -2.82. The van der Waals surface area contributed by atoms with Gasteiger partial charge in [0.25, 0.3) is 0 Å². The smallest absolute Gasteiger partial charge is 0.336 e. The van der Waals surface area contributed by atoms with Crippen molar-refractivity contribution in [3.05, 3.63) is 53.6 Å². The number of aromatic hydroxyl groups is 1. The SMILES string of the molecule is O=C(O)c1ccc(-c2cccc(O)c2)cc1C(=O)O. The van der Waals surface area contributed by atoms with E-state index in [4.69, 9.17) is 10.2 Å². The maximum Gasteiger partial charge on any atom is 0.336 e. The van der Waals surface area contributed by atoms with Gasteiger partial charge in [0.2, 0.25) is 0 Å². The van der Waals surface area contributed by atoms with Gasteiger partial charge in [0.1, 0.15) is 5.75 Å². The Morgan fingerprint density at radius 3 is 2.00 bits per heavy atom. The van der Waals surface area contributed by atoms with Crippen LogP contribution < -0.4 is 0 Å². The number of hydrogen-bond donors (Lipinski definition) is 3. The Balaban J connectivity index is 2.58. The second-order valence-electron chi connectivity index (χ2n) is 3.92. The molecule has 0 aliphatic carbocycles. The zero-order valence-corrected chi connectivity index (χ0v) is 9.70. The summed E-state index contributed by atoms with van der Waals surface area (Å²) >= 11 is 0. The highest BCUT2D eigenvalue weighted by atomic mass is 16.4. The number of aromatic carboxylic acids is 2. The maximum absolute atomic E-state index is 11.1. The van der Waals surface area contributed by atoms with E-state index >= 15 is 0 Å². The molecule has 0 aliphatic heterocycles. The molecule has 0 atom stereocenters. The van der Waals surface area contributed by atoms with Crippen molar-refractivity contribution in [3.8, 4) is 16.9 Å². The predicted molar refractivity (Wildman–Crippen MR) is 67.5 cm³/mol. The van der Waals surface area contributed by atoms with Gasteiger partial charge >= 0.3 is 11.9 Å². The number of phenolic OH excluding ortho intramolecular Hbond substituents is 1. The number of carboxylic acids is 2. The summed E-state index contributed by atoms with van der Waals surface area (Å²) in [7, 11) is 0. The molecule has 2 aromatic rings. The molecule has 0 bridgehead atoms. The minimum absolute atomic E-state index is 0.0525. The first-order valence-corrected chi connectivity index (χ1v) is 5.39. The van der Waals surface area contributed by atoms with E-state index in [1.54, 1.807) is 12.1 Å². The van der Waals surface area contributed by atoms with E-state index in [0.29, 0.717) is 11.1 Å². The summed E-state index contributed by atoms with van der Waals surface area (Å²) in [6.45, 7) is 0. The van der Waals surface area contributed by atoms with E-state index in [1.165, 1.54) is 30.3 Å². The van der Waals surface area contributed by atoms with Gasteiger partial charge in [0.05, 0.1) is 11.1 Å². The number of hydrogen-bond acceptors (Lipinski definition) is 3. The zero-order valence-electron chi connectivity index (χ0n) is 9.70.